The summed E-state index contributed by atoms with van der Waals surface area (Å²) in [6.07, 6.45) is 0. The van der Waals surface area contributed by atoms with E-state index in [4.69, 9.17) is 4.74 Å². The Labute approximate surface area is 187 Å². The maximum absolute atomic E-state index is 12.9. The van der Waals surface area contributed by atoms with Crippen molar-refractivity contribution in [1.29, 1.82) is 0 Å². The second-order valence-electron chi connectivity index (χ2n) is 6.37. The molecule has 1 amide bonds. The number of thiazole rings is 2. The van der Waals surface area contributed by atoms with Crippen molar-refractivity contribution < 1.29 is 9.53 Å². The summed E-state index contributed by atoms with van der Waals surface area (Å²) >= 11 is 4.65. The lowest BCUT2D eigenvalue weighted by Gasteiger charge is -2.08. The van der Waals surface area contributed by atoms with Crippen LogP contribution in [-0.2, 0) is 5.75 Å². The number of anilines is 1. The molecule has 1 N–H and O–H groups in total. The van der Waals surface area contributed by atoms with Crippen LogP contribution in [0.3, 0.4) is 0 Å². The number of aromatic nitrogens is 2. The highest BCUT2D eigenvalue weighted by molar-refractivity contribution is 7.98. The number of rotatable bonds is 7. The minimum Gasteiger partial charge on any atom is -0.497 e. The van der Waals surface area contributed by atoms with Crippen molar-refractivity contribution >= 4 is 45.5 Å². The van der Waals surface area contributed by atoms with Crippen LogP contribution in [-0.4, -0.2) is 23.0 Å². The second-order valence-corrected chi connectivity index (χ2v) is 9.31. The number of amides is 1. The fraction of sp³-hybridized carbons (Fsp3) is 0.136. The Balaban J connectivity index is 1.50. The minimum absolute atomic E-state index is 0.161. The number of aryl methyl sites for hydroxylation is 1. The maximum Gasteiger partial charge on any atom is 0.258 e. The lowest BCUT2D eigenvalue weighted by molar-refractivity contribution is 0.102. The van der Waals surface area contributed by atoms with Crippen LogP contribution in [0, 0.1) is 6.92 Å². The molecular formula is C22H19N3O2S3. The van der Waals surface area contributed by atoms with Crippen LogP contribution in [0.2, 0.25) is 0 Å². The summed E-state index contributed by atoms with van der Waals surface area (Å²) in [5.41, 5.74) is 5.32. The van der Waals surface area contributed by atoms with Crippen LogP contribution < -0.4 is 10.1 Å². The van der Waals surface area contributed by atoms with Crippen molar-refractivity contribution in [2.24, 2.45) is 0 Å². The van der Waals surface area contributed by atoms with Crippen molar-refractivity contribution in [3.05, 3.63) is 75.6 Å². The van der Waals surface area contributed by atoms with Gasteiger partial charge in [0.05, 0.1) is 29.6 Å². The van der Waals surface area contributed by atoms with E-state index in [1.807, 2.05) is 66.3 Å². The predicted molar refractivity (Wildman–Crippen MR) is 125 cm³/mol. The molecule has 0 bridgehead atoms. The molecule has 8 heteroatoms. The molecule has 0 aliphatic heterocycles. The Hall–Kier alpha value is -2.68. The SMILES string of the molecule is COc1ccc(-c2nc(NC(=O)c3ccccc3SCc3cscn3)sc2C)cc1. The number of methoxy groups -OCH3 is 1. The van der Waals surface area contributed by atoms with Gasteiger partial charge in [-0.3, -0.25) is 10.1 Å². The molecule has 4 aromatic rings. The predicted octanol–water partition coefficient (Wildman–Crippen LogP) is 6.13. The van der Waals surface area contributed by atoms with E-state index in [9.17, 15) is 4.79 Å². The molecule has 4 rings (SSSR count). The number of nitrogens with one attached hydrogen (secondary N) is 1. The molecule has 2 heterocycles. The van der Waals surface area contributed by atoms with Crippen LogP contribution in [0.25, 0.3) is 11.3 Å². The van der Waals surface area contributed by atoms with Gasteiger partial charge in [0.25, 0.3) is 5.91 Å². The monoisotopic (exact) mass is 453 g/mol. The molecular weight excluding hydrogens is 434 g/mol. The smallest absolute Gasteiger partial charge is 0.258 e. The summed E-state index contributed by atoms with van der Waals surface area (Å²) in [5.74, 6) is 1.37. The van der Waals surface area contributed by atoms with E-state index >= 15 is 0 Å². The summed E-state index contributed by atoms with van der Waals surface area (Å²) in [6.45, 7) is 2.00. The van der Waals surface area contributed by atoms with Gasteiger partial charge in [-0.25, -0.2) is 9.97 Å². The number of carbonyl (C=O) groups excluding carboxylic acids is 1. The van der Waals surface area contributed by atoms with E-state index in [0.717, 1.165) is 38.2 Å². The van der Waals surface area contributed by atoms with Crippen LogP contribution in [0.15, 0.2) is 64.3 Å². The molecule has 0 aliphatic rings. The van der Waals surface area contributed by atoms with Gasteiger partial charge in [0.2, 0.25) is 0 Å². The molecule has 0 fully saturated rings. The van der Waals surface area contributed by atoms with E-state index in [1.54, 1.807) is 30.2 Å². The van der Waals surface area contributed by atoms with E-state index in [2.05, 4.69) is 15.3 Å². The summed E-state index contributed by atoms with van der Waals surface area (Å²) in [6, 6.07) is 15.4. The fourth-order valence-corrected chi connectivity index (χ4v) is 5.32. The summed E-state index contributed by atoms with van der Waals surface area (Å²) in [4.78, 5) is 23.9. The molecule has 152 valence electrons. The number of ether oxygens (including phenoxy) is 1. The molecule has 5 nitrogen and oxygen atoms in total. The highest BCUT2D eigenvalue weighted by Crippen LogP contribution is 2.32. The Morgan fingerprint density at radius 3 is 2.70 bits per heavy atom. The van der Waals surface area contributed by atoms with Crippen molar-refractivity contribution in [1.82, 2.24) is 9.97 Å². The van der Waals surface area contributed by atoms with Crippen molar-refractivity contribution in [3.8, 4) is 17.0 Å². The first-order chi connectivity index (χ1) is 14.6. The van der Waals surface area contributed by atoms with Crippen molar-refractivity contribution in [2.75, 3.05) is 12.4 Å². The van der Waals surface area contributed by atoms with Gasteiger partial charge in [-0.2, -0.15) is 0 Å². The summed E-state index contributed by atoms with van der Waals surface area (Å²) < 4.78 is 5.22. The molecule has 0 saturated carbocycles. The third-order valence-corrected chi connectivity index (χ3v) is 7.00. The lowest BCUT2D eigenvalue weighted by atomic mass is 10.1. The Morgan fingerprint density at radius 1 is 1.17 bits per heavy atom. The summed E-state index contributed by atoms with van der Waals surface area (Å²) in [5, 5.41) is 5.57. The van der Waals surface area contributed by atoms with Crippen LogP contribution in [0.1, 0.15) is 20.9 Å². The van der Waals surface area contributed by atoms with Gasteiger partial charge in [0.1, 0.15) is 5.75 Å². The highest BCUT2D eigenvalue weighted by atomic mass is 32.2. The zero-order chi connectivity index (χ0) is 20.9. The van der Waals surface area contributed by atoms with Gasteiger partial charge in [-0.15, -0.1) is 34.4 Å². The number of thioether (sulfide) groups is 1. The number of carbonyl (C=O) groups is 1. The first-order valence-corrected chi connectivity index (χ1v) is 11.9. The molecule has 0 atom stereocenters. The fourth-order valence-electron chi connectivity index (χ4n) is 2.87. The average Bonchev–Trinajstić information content (AvgIpc) is 3.42. The third-order valence-electron chi connectivity index (χ3n) is 4.37. The number of hydrogen-bond acceptors (Lipinski definition) is 7. The zero-order valence-electron chi connectivity index (χ0n) is 16.4. The second kappa shape index (κ2) is 9.42. The number of nitrogens with zero attached hydrogens (tertiary/aromatic N) is 2. The van der Waals surface area contributed by atoms with E-state index < -0.39 is 0 Å². The molecule has 2 aromatic carbocycles. The average molecular weight is 454 g/mol. The zero-order valence-corrected chi connectivity index (χ0v) is 18.9. The maximum atomic E-state index is 12.9. The number of benzene rings is 2. The van der Waals surface area contributed by atoms with Crippen LogP contribution in [0.5, 0.6) is 5.75 Å². The lowest BCUT2D eigenvalue weighted by Crippen LogP contribution is -2.12. The van der Waals surface area contributed by atoms with Gasteiger partial charge in [0.15, 0.2) is 5.13 Å². The molecule has 0 spiro atoms. The molecule has 0 aliphatic carbocycles. The Kier molecular flexibility index (Phi) is 6.47. The normalized spacial score (nSPS) is 10.7. The Bertz CT molecular complexity index is 1140. The molecule has 2 aromatic heterocycles. The number of hydrogen-bond donors (Lipinski definition) is 1. The van der Waals surface area contributed by atoms with E-state index in [0.29, 0.717) is 10.7 Å². The topological polar surface area (TPSA) is 64.1 Å². The van der Waals surface area contributed by atoms with Gasteiger partial charge >= 0.3 is 0 Å². The molecule has 0 radical (unpaired) electrons. The first-order valence-electron chi connectivity index (χ1n) is 9.16. The van der Waals surface area contributed by atoms with Gasteiger partial charge in [0, 0.05) is 26.5 Å². The van der Waals surface area contributed by atoms with Crippen LogP contribution in [0.4, 0.5) is 5.13 Å². The minimum atomic E-state index is -0.161. The van der Waals surface area contributed by atoms with Gasteiger partial charge in [-0.05, 0) is 43.3 Å². The van der Waals surface area contributed by atoms with E-state index in [-0.39, 0.29) is 5.91 Å². The Morgan fingerprint density at radius 2 is 1.97 bits per heavy atom. The van der Waals surface area contributed by atoms with E-state index in [1.165, 1.54) is 11.3 Å². The molecule has 0 unspecified atom stereocenters. The first kappa shape index (κ1) is 20.6. The quantitative estimate of drug-likeness (QED) is 0.341. The largest absolute Gasteiger partial charge is 0.497 e. The van der Waals surface area contributed by atoms with Crippen LogP contribution >= 0.6 is 34.4 Å². The van der Waals surface area contributed by atoms with Crippen molar-refractivity contribution in [3.63, 3.8) is 0 Å². The molecule has 0 saturated heterocycles. The van der Waals surface area contributed by atoms with Gasteiger partial charge in [-0.1, -0.05) is 12.1 Å². The standard InChI is InChI=1S/C22H19N3O2S3/c1-14-20(15-7-9-17(27-2)10-8-15)24-22(30-14)25-21(26)18-5-3-4-6-19(18)29-12-16-11-28-13-23-16/h3-11,13H,12H2,1-2H3,(H,24,25,26). The van der Waals surface area contributed by atoms with Crippen molar-refractivity contribution in [2.45, 2.75) is 17.6 Å². The highest BCUT2D eigenvalue weighted by Gasteiger charge is 2.16. The third kappa shape index (κ3) is 4.72. The van der Waals surface area contributed by atoms with Gasteiger partial charge < -0.3 is 4.74 Å². The summed E-state index contributed by atoms with van der Waals surface area (Å²) in [7, 11) is 1.64. The molecule has 30 heavy (non-hydrogen) atoms.